The van der Waals surface area contributed by atoms with Crippen molar-refractivity contribution >= 4 is 21.8 Å². The molecule has 0 spiro atoms. The van der Waals surface area contributed by atoms with Gasteiger partial charge >= 0.3 is 0 Å². The number of rotatable bonds is 7. The first-order chi connectivity index (χ1) is 13.0. The van der Waals surface area contributed by atoms with E-state index in [9.17, 15) is 4.79 Å². The lowest BCUT2D eigenvalue weighted by Gasteiger charge is -2.09. The van der Waals surface area contributed by atoms with Crippen molar-refractivity contribution in [2.75, 3.05) is 0 Å². The maximum atomic E-state index is 12.4. The van der Waals surface area contributed by atoms with Gasteiger partial charge in [0.2, 0.25) is 0 Å². The molecule has 0 aliphatic heterocycles. The molecule has 7 heteroatoms. The van der Waals surface area contributed by atoms with Crippen LogP contribution in [0.5, 0.6) is 5.75 Å². The number of halogens is 1. The average molecular weight is 429 g/mol. The molecule has 2 aromatic heterocycles. The van der Waals surface area contributed by atoms with E-state index in [4.69, 9.17) is 4.74 Å². The van der Waals surface area contributed by atoms with Crippen LogP contribution in [-0.4, -0.2) is 21.1 Å². The lowest BCUT2D eigenvalue weighted by Crippen LogP contribution is -2.23. The van der Waals surface area contributed by atoms with Gasteiger partial charge in [0, 0.05) is 12.7 Å². The van der Waals surface area contributed by atoms with Crippen LogP contribution >= 0.6 is 15.9 Å². The van der Waals surface area contributed by atoms with Crippen LogP contribution in [0.1, 0.15) is 47.2 Å². The second-order valence-electron chi connectivity index (χ2n) is 6.39. The summed E-state index contributed by atoms with van der Waals surface area (Å²) >= 11 is 3.45. The number of carbonyl (C=O) groups excluding carboxylic acids is 1. The molecule has 0 saturated carbocycles. The highest BCUT2D eigenvalue weighted by atomic mass is 79.9. The molecular weight excluding hydrogens is 408 g/mol. The van der Waals surface area contributed by atoms with Crippen molar-refractivity contribution in [1.29, 1.82) is 0 Å². The maximum Gasteiger partial charge on any atom is 0.273 e. The Morgan fingerprint density at radius 1 is 1.26 bits per heavy atom. The first kappa shape index (κ1) is 19.1. The molecule has 6 nitrogen and oxygen atoms in total. The number of nitrogens with one attached hydrogen (secondary N) is 2. The van der Waals surface area contributed by atoms with E-state index in [2.05, 4.69) is 36.4 Å². The summed E-state index contributed by atoms with van der Waals surface area (Å²) in [7, 11) is 0. The maximum absolute atomic E-state index is 12.4. The number of hydrogen-bond acceptors (Lipinski definition) is 4. The number of carbonyl (C=O) groups is 1. The molecule has 3 rings (SSSR count). The highest BCUT2D eigenvalue weighted by Gasteiger charge is 2.19. The van der Waals surface area contributed by atoms with E-state index >= 15 is 0 Å². The minimum Gasteiger partial charge on any atom is -0.487 e. The predicted molar refractivity (Wildman–Crippen MR) is 107 cm³/mol. The van der Waals surface area contributed by atoms with E-state index in [-0.39, 0.29) is 11.8 Å². The number of hydrogen-bond donors (Lipinski definition) is 2. The Hall–Kier alpha value is -2.67. The Morgan fingerprint density at radius 3 is 2.81 bits per heavy atom. The molecule has 2 heterocycles. The molecule has 0 aliphatic carbocycles. The normalized spacial score (nSPS) is 10.8. The van der Waals surface area contributed by atoms with Crippen LogP contribution < -0.4 is 10.1 Å². The molecule has 0 radical (unpaired) electrons. The summed E-state index contributed by atoms with van der Waals surface area (Å²) in [6.45, 7) is 4.86. The van der Waals surface area contributed by atoms with E-state index in [1.165, 1.54) is 0 Å². The van der Waals surface area contributed by atoms with Gasteiger partial charge in [-0.2, -0.15) is 5.10 Å². The zero-order valence-electron chi connectivity index (χ0n) is 15.2. The van der Waals surface area contributed by atoms with Gasteiger partial charge in [-0.05, 0) is 51.7 Å². The van der Waals surface area contributed by atoms with Crippen molar-refractivity contribution in [1.82, 2.24) is 20.5 Å². The summed E-state index contributed by atoms with van der Waals surface area (Å²) < 4.78 is 6.48. The van der Waals surface area contributed by atoms with Crippen LogP contribution in [-0.2, 0) is 13.2 Å². The van der Waals surface area contributed by atoms with Crippen molar-refractivity contribution in [2.45, 2.75) is 32.9 Å². The fraction of sp³-hybridized carbons (Fsp3) is 0.250. The van der Waals surface area contributed by atoms with E-state index in [1.54, 1.807) is 6.20 Å². The van der Waals surface area contributed by atoms with Crippen LogP contribution in [0.2, 0.25) is 0 Å². The third-order valence-electron chi connectivity index (χ3n) is 3.99. The number of benzene rings is 1. The molecule has 2 N–H and O–H groups in total. The second kappa shape index (κ2) is 8.81. The number of ether oxygens (including phenoxy) is 1. The predicted octanol–water partition coefficient (Wildman–Crippen LogP) is 4.20. The van der Waals surface area contributed by atoms with E-state index in [0.717, 1.165) is 22.7 Å². The lowest BCUT2D eigenvalue weighted by atomic mass is 10.1. The topological polar surface area (TPSA) is 79.9 Å². The fourth-order valence-corrected chi connectivity index (χ4v) is 3.34. The molecule has 1 aromatic carbocycles. The quantitative estimate of drug-likeness (QED) is 0.590. The third-order valence-corrected chi connectivity index (χ3v) is 4.79. The fourth-order valence-electron chi connectivity index (χ4n) is 2.53. The molecule has 0 unspecified atom stereocenters. The first-order valence-corrected chi connectivity index (χ1v) is 9.47. The molecule has 140 valence electrons. The number of aromatic amines is 1. The number of amides is 1. The first-order valence-electron chi connectivity index (χ1n) is 8.68. The van der Waals surface area contributed by atoms with Gasteiger partial charge in [-0.15, -0.1) is 0 Å². The monoisotopic (exact) mass is 428 g/mol. The summed E-state index contributed by atoms with van der Waals surface area (Å²) in [6.07, 6.45) is 1.74. The van der Waals surface area contributed by atoms with Crippen LogP contribution in [0.3, 0.4) is 0 Å². The van der Waals surface area contributed by atoms with Crippen LogP contribution in [0, 0.1) is 0 Å². The molecule has 0 saturated heterocycles. The van der Waals surface area contributed by atoms with Crippen molar-refractivity contribution < 1.29 is 9.53 Å². The summed E-state index contributed by atoms with van der Waals surface area (Å²) in [5.41, 5.74) is 3.07. The van der Waals surface area contributed by atoms with Crippen molar-refractivity contribution in [3.63, 3.8) is 0 Å². The SMILES string of the molecule is CC(C)c1[nH]nc(C(=O)NCc2cccc(OCc3ccccn3)c2)c1Br. The second-order valence-corrected chi connectivity index (χ2v) is 7.19. The largest absolute Gasteiger partial charge is 0.487 e. The average Bonchev–Trinajstić information content (AvgIpc) is 3.07. The van der Waals surface area contributed by atoms with Crippen LogP contribution in [0.4, 0.5) is 0 Å². The Kier molecular flexibility index (Phi) is 6.24. The molecule has 0 aliphatic rings. The highest BCUT2D eigenvalue weighted by molar-refractivity contribution is 9.10. The Bertz CT molecular complexity index is 909. The van der Waals surface area contributed by atoms with E-state index in [1.807, 2.05) is 56.3 Å². The number of nitrogens with zero attached hydrogens (tertiary/aromatic N) is 2. The van der Waals surface area contributed by atoms with E-state index < -0.39 is 0 Å². The Morgan fingerprint density at radius 2 is 2.11 bits per heavy atom. The van der Waals surface area contributed by atoms with Crippen molar-refractivity contribution in [3.05, 3.63) is 75.8 Å². The summed E-state index contributed by atoms with van der Waals surface area (Å²) in [5.74, 6) is 0.752. The smallest absolute Gasteiger partial charge is 0.273 e. The zero-order chi connectivity index (χ0) is 19.2. The zero-order valence-corrected chi connectivity index (χ0v) is 16.8. The van der Waals surface area contributed by atoms with Gasteiger partial charge in [-0.1, -0.05) is 32.0 Å². The molecule has 3 aromatic rings. The van der Waals surface area contributed by atoms with Crippen LogP contribution in [0.25, 0.3) is 0 Å². The minimum absolute atomic E-state index is 0.232. The summed E-state index contributed by atoms with van der Waals surface area (Å²) in [4.78, 5) is 16.6. The van der Waals surface area contributed by atoms with Crippen molar-refractivity contribution in [2.24, 2.45) is 0 Å². The van der Waals surface area contributed by atoms with Gasteiger partial charge in [0.05, 0.1) is 15.9 Å². The van der Waals surface area contributed by atoms with Gasteiger partial charge in [0.15, 0.2) is 5.69 Å². The molecule has 1 amide bonds. The van der Waals surface area contributed by atoms with Crippen molar-refractivity contribution in [3.8, 4) is 5.75 Å². The molecular formula is C20H21BrN4O2. The van der Waals surface area contributed by atoms with Gasteiger partial charge in [-0.3, -0.25) is 14.9 Å². The Labute approximate surface area is 166 Å². The molecule has 0 atom stereocenters. The van der Waals surface area contributed by atoms with Gasteiger partial charge < -0.3 is 10.1 Å². The van der Waals surface area contributed by atoms with Gasteiger partial charge in [-0.25, -0.2) is 0 Å². The third kappa shape index (κ3) is 4.95. The standard InChI is InChI=1S/C20H21BrN4O2/c1-13(2)18-17(21)19(25-24-18)20(26)23-11-14-6-5-8-16(10-14)27-12-15-7-3-4-9-22-15/h3-10,13H,11-12H2,1-2H3,(H,23,26)(H,24,25). The highest BCUT2D eigenvalue weighted by Crippen LogP contribution is 2.25. The molecule has 0 bridgehead atoms. The minimum atomic E-state index is -0.232. The Balaban J connectivity index is 1.59. The van der Waals surface area contributed by atoms with Crippen LogP contribution in [0.15, 0.2) is 53.1 Å². The number of H-pyrrole nitrogens is 1. The van der Waals surface area contributed by atoms with Gasteiger partial charge in [0.25, 0.3) is 5.91 Å². The lowest BCUT2D eigenvalue weighted by molar-refractivity contribution is 0.0945. The molecule has 27 heavy (non-hydrogen) atoms. The molecule has 0 fully saturated rings. The number of pyridine rings is 1. The summed E-state index contributed by atoms with van der Waals surface area (Å²) in [5, 5.41) is 9.91. The number of aromatic nitrogens is 3. The van der Waals surface area contributed by atoms with E-state index in [0.29, 0.717) is 23.3 Å². The summed E-state index contributed by atoms with van der Waals surface area (Å²) in [6, 6.07) is 13.3. The van der Waals surface area contributed by atoms with Gasteiger partial charge in [0.1, 0.15) is 12.4 Å².